The van der Waals surface area contributed by atoms with Crippen molar-refractivity contribution in [3.8, 4) is 0 Å². The number of anilines is 2. The van der Waals surface area contributed by atoms with E-state index in [2.05, 4.69) is 20.8 Å². The number of sulfone groups is 1. The van der Waals surface area contributed by atoms with Crippen molar-refractivity contribution in [2.24, 2.45) is 0 Å². The van der Waals surface area contributed by atoms with E-state index in [1.54, 1.807) is 22.8 Å². The molecule has 4 rings (SSSR count). The Morgan fingerprint density at radius 2 is 1.74 bits per heavy atom. The summed E-state index contributed by atoms with van der Waals surface area (Å²) >= 11 is 9.56. The summed E-state index contributed by atoms with van der Waals surface area (Å²) in [6, 6.07) is 9.19. The van der Waals surface area contributed by atoms with Gasteiger partial charge in [0.05, 0.1) is 16.3 Å². The Morgan fingerprint density at radius 1 is 1.03 bits per heavy atom. The Kier molecular flexibility index (Phi) is 7.78. The molecule has 0 aliphatic carbocycles. The normalized spacial score (nSPS) is 15.9. The van der Waals surface area contributed by atoms with E-state index in [4.69, 9.17) is 11.6 Å². The number of benzene rings is 2. The van der Waals surface area contributed by atoms with E-state index in [0.717, 1.165) is 16.8 Å². The van der Waals surface area contributed by atoms with Crippen molar-refractivity contribution in [1.82, 2.24) is 4.90 Å². The fraction of sp³-hybridized carbons (Fsp3) is 0.440. The molecular weight excluding hydrogens is 554 g/mol. The molecule has 1 saturated heterocycles. The second-order valence-electron chi connectivity index (χ2n) is 8.93. The second-order valence-corrected chi connectivity index (χ2v) is 12.4. The van der Waals surface area contributed by atoms with Gasteiger partial charge in [-0.05, 0) is 48.7 Å². The van der Waals surface area contributed by atoms with Crippen molar-refractivity contribution in [2.75, 3.05) is 48.3 Å². The fourth-order valence-electron chi connectivity index (χ4n) is 4.76. The smallest absolute Gasteiger partial charge is 0.226 e. The summed E-state index contributed by atoms with van der Waals surface area (Å²) in [4.78, 5) is 30.9. The number of hydrogen-bond donors (Lipinski definition) is 0. The highest BCUT2D eigenvalue weighted by Gasteiger charge is 2.33. The van der Waals surface area contributed by atoms with E-state index < -0.39 is 9.84 Å². The highest BCUT2D eigenvalue weighted by atomic mass is 79.9. The third-order valence-corrected chi connectivity index (χ3v) is 9.08. The second kappa shape index (κ2) is 10.5. The van der Waals surface area contributed by atoms with E-state index in [0.29, 0.717) is 60.7 Å². The van der Waals surface area contributed by atoms with Gasteiger partial charge in [-0.15, -0.1) is 0 Å². The van der Waals surface area contributed by atoms with E-state index in [1.807, 2.05) is 31.2 Å². The maximum Gasteiger partial charge on any atom is 0.226 e. The third-order valence-electron chi connectivity index (χ3n) is 6.66. The lowest BCUT2D eigenvalue weighted by Crippen LogP contribution is -2.49. The molecule has 2 amide bonds. The van der Waals surface area contributed by atoms with Crippen LogP contribution >= 0.6 is 27.5 Å². The average molecular weight is 583 g/mol. The number of aryl methyl sites for hydroxylation is 1. The van der Waals surface area contributed by atoms with Crippen molar-refractivity contribution in [3.05, 3.63) is 51.0 Å². The zero-order valence-electron chi connectivity index (χ0n) is 19.9. The van der Waals surface area contributed by atoms with Crippen molar-refractivity contribution >= 4 is 60.6 Å². The fourth-order valence-corrected chi connectivity index (χ4v) is 7.09. The zero-order chi connectivity index (χ0) is 25.3. The molecule has 35 heavy (non-hydrogen) atoms. The van der Waals surface area contributed by atoms with Crippen LogP contribution in [-0.4, -0.2) is 63.6 Å². The lowest BCUT2D eigenvalue weighted by Gasteiger charge is -2.37. The number of fused-ring (bicyclic) bond motifs is 1. The van der Waals surface area contributed by atoms with Gasteiger partial charge in [0.15, 0.2) is 9.84 Å². The number of carbonyl (C=O) groups is 2. The molecule has 1 fully saturated rings. The highest BCUT2D eigenvalue weighted by Crippen LogP contribution is 2.38. The third kappa shape index (κ3) is 5.52. The molecule has 0 spiro atoms. The molecule has 0 radical (unpaired) electrons. The van der Waals surface area contributed by atoms with Gasteiger partial charge in [-0.3, -0.25) is 9.59 Å². The summed E-state index contributed by atoms with van der Waals surface area (Å²) in [6.07, 6.45) is 0.814. The van der Waals surface area contributed by atoms with Gasteiger partial charge in [-0.1, -0.05) is 40.5 Å². The van der Waals surface area contributed by atoms with Crippen LogP contribution in [0.5, 0.6) is 0 Å². The Bertz CT molecular complexity index is 1260. The van der Waals surface area contributed by atoms with Crippen LogP contribution in [0.25, 0.3) is 0 Å². The van der Waals surface area contributed by atoms with Gasteiger partial charge in [0.25, 0.3) is 0 Å². The number of hydrogen-bond acceptors (Lipinski definition) is 5. The number of piperazine rings is 1. The van der Waals surface area contributed by atoms with E-state index in [1.165, 1.54) is 0 Å². The standard InChI is InChI=1S/C25H29BrClN3O4S/c1-3-23(31)30-8-6-18-14-19(26)15-22(25(18)30)35(33,34)13-7-24(32)29-11-9-28(10-12-29)21-16-20(27)5-4-17(21)2/h4-5,14-16H,3,6-13H2,1-2H3. The summed E-state index contributed by atoms with van der Waals surface area (Å²) < 4.78 is 27.3. The Balaban J connectivity index is 1.43. The van der Waals surface area contributed by atoms with Crippen molar-refractivity contribution in [3.63, 3.8) is 0 Å². The summed E-state index contributed by atoms with van der Waals surface area (Å²) in [5.41, 5.74) is 3.48. The van der Waals surface area contributed by atoms with Crippen LogP contribution in [0.2, 0.25) is 5.02 Å². The molecule has 0 bridgehead atoms. The Hall–Kier alpha value is -2.10. The molecule has 10 heteroatoms. The summed E-state index contributed by atoms with van der Waals surface area (Å²) in [6.45, 7) is 6.63. The number of halogens is 2. The van der Waals surface area contributed by atoms with Crippen molar-refractivity contribution < 1.29 is 18.0 Å². The molecule has 2 aliphatic heterocycles. The maximum atomic E-state index is 13.3. The van der Waals surface area contributed by atoms with Crippen LogP contribution in [0.1, 0.15) is 30.9 Å². The summed E-state index contributed by atoms with van der Waals surface area (Å²) in [7, 11) is -3.78. The first-order valence-electron chi connectivity index (χ1n) is 11.7. The topological polar surface area (TPSA) is 78.0 Å². The predicted octanol–water partition coefficient (Wildman–Crippen LogP) is 4.22. The molecule has 0 atom stereocenters. The number of rotatable bonds is 6. The Labute approximate surface area is 220 Å². The first kappa shape index (κ1) is 26.0. The molecule has 188 valence electrons. The quantitative estimate of drug-likeness (QED) is 0.510. The van der Waals surface area contributed by atoms with Crippen LogP contribution in [-0.2, 0) is 25.8 Å². The van der Waals surface area contributed by atoms with E-state index >= 15 is 0 Å². The highest BCUT2D eigenvalue weighted by molar-refractivity contribution is 9.10. The Morgan fingerprint density at radius 3 is 2.43 bits per heavy atom. The van der Waals surface area contributed by atoms with Gasteiger partial charge >= 0.3 is 0 Å². The molecule has 2 aromatic carbocycles. The molecule has 7 nitrogen and oxygen atoms in total. The molecule has 2 aromatic rings. The zero-order valence-corrected chi connectivity index (χ0v) is 23.0. The predicted molar refractivity (Wildman–Crippen MR) is 142 cm³/mol. The molecule has 0 unspecified atom stereocenters. The minimum Gasteiger partial charge on any atom is -0.368 e. The SMILES string of the molecule is CCC(=O)N1CCc2cc(Br)cc(S(=O)(=O)CCC(=O)N3CCN(c4cc(Cl)ccc4C)CC3)c21. The summed E-state index contributed by atoms with van der Waals surface area (Å²) in [5.74, 6) is -0.577. The van der Waals surface area contributed by atoms with Crippen LogP contribution in [0.3, 0.4) is 0 Å². The van der Waals surface area contributed by atoms with Crippen molar-refractivity contribution in [2.45, 2.75) is 38.0 Å². The molecule has 0 saturated carbocycles. The minimum atomic E-state index is -3.78. The van der Waals surface area contributed by atoms with Gasteiger partial charge < -0.3 is 14.7 Å². The van der Waals surface area contributed by atoms with Gasteiger partial charge in [-0.25, -0.2) is 8.42 Å². The number of nitrogens with zero attached hydrogens (tertiary/aromatic N) is 3. The molecule has 0 aromatic heterocycles. The first-order valence-corrected chi connectivity index (χ1v) is 14.6. The minimum absolute atomic E-state index is 0.0957. The molecular formula is C25H29BrClN3O4S. The largest absolute Gasteiger partial charge is 0.368 e. The number of amides is 2. The van der Waals surface area contributed by atoms with Crippen molar-refractivity contribution in [1.29, 1.82) is 0 Å². The van der Waals surface area contributed by atoms with Crippen LogP contribution in [0, 0.1) is 6.92 Å². The van der Waals surface area contributed by atoms with E-state index in [-0.39, 0.29) is 28.9 Å². The monoisotopic (exact) mass is 581 g/mol. The lowest BCUT2D eigenvalue weighted by molar-refractivity contribution is -0.131. The summed E-state index contributed by atoms with van der Waals surface area (Å²) in [5, 5.41) is 0.674. The van der Waals surface area contributed by atoms with Gasteiger partial charge in [-0.2, -0.15) is 0 Å². The molecule has 2 heterocycles. The first-order chi connectivity index (χ1) is 16.6. The van der Waals surface area contributed by atoms with Gasteiger partial charge in [0.2, 0.25) is 11.8 Å². The molecule has 0 N–H and O–H groups in total. The van der Waals surface area contributed by atoms with Gasteiger partial charge in [0.1, 0.15) is 0 Å². The maximum absolute atomic E-state index is 13.3. The van der Waals surface area contributed by atoms with Crippen LogP contribution in [0.15, 0.2) is 39.7 Å². The van der Waals surface area contributed by atoms with Gasteiger partial charge in [0, 0.05) is 60.7 Å². The number of carbonyl (C=O) groups excluding carboxylic acids is 2. The van der Waals surface area contributed by atoms with E-state index in [9.17, 15) is 18.0 Å². The van der Waals surface area contributed by atoms with Crippen LogP contribution < -0.4 is 9.80 Å². The van der Waals surface area contributed by atoms with Crippen LogP contribution in [0.4, 0.5) is 11.4 Å². The lowest BCUT2D eigenvalue weighted by atomic mass is 10.1. The average Bonchev–Trinajstić information content (AvgIpc) is 3.26. The molecule has 2 aliphatic rings.